The molecule has 2 aliphatic rings. The molecule has 0 amide bonds. The fourth-order valence-corrected chi connectivity index (χ4v) is 3.23. The third kappa shape index (κ3) is 4.67. The van der Waals surface area contributed by atoms with Gasteiger partial charge >= 0.3 is 17.9 Å². The number of carbonyl (C=O) groups is 3. The molecule has 28 heavy (non-hydrogen) atoms. The van der Waals surface area contributed by atoms with Gasteiger partial charge in [-0.3, -0.25) is 14.4 Å². The molecule has 0 saturated carbocycles. The van der Waals surface area contributed by atoms with Crippen molar-refractivity contribution in [3.8, 4) is 0 Å². The molecule has 0 spiro atoms. The van der Waals surface area contributed by atoms with Crippen LogP contribution in [0.3, 0.4) is 0 Å². The highest BCUT2D eigenvalue weighted by Crippen LogP contribution is 2.36. The Kier molecular flexibility index (Phi) is 6.28. The molecule has 9 nitrogen and oxygen atoms in total. The van der Waals surface area contributed by atoms with Crippen molar-refractivity contribution in [1.29, 1.82) is 0 Å². The molecule has 0 aromatic heterocycles. The van der Waals surface area contributed by atoms with E-state index in [9.17, 15) is 14.4 Å². The summed E-state index contributed by atoms with van der Waals surface area (Å²) in [5, 5.41) is 0. The quantitative estimate of drug-likeness (QED) is 0.551. The smallest absolute Gasteiger partial charge is 0.305 e. The lowest BCUT2D eigenvalue weighted by Gasteiger charge is -2.47. The Morgan fingerprint density at radius 3 is 2.07 bits per heavy atom. The van der Waals surface area contributed by atoms with E-state index in [4.69, 9.17) is 28.4 Å². The second-order valence-corrected chi connectivity index (χ2v) is 6.48. The Morgan fingerprint density at radius 1 is 0.857 bits per heavy atom. The highest BCUT2D eigenvalue weighted by Gasteiger charge is 2.54. The van der Waals surface area contributed by atoms with Crippen LogP contribution in [0.15, 0.2) is 30.3 Å². The molecular formula is C19H22O9. The van der Waals surface area contributed by atoms with Crippen LogP contribution in [0.2, 0.25) is 0 Å². The van der Waals surface area contributed by atoms with Gasteiger partial charge in [0.1, 0.15) is 12.2 Å². The number of rotatable bonds is 4. The fraction of sp³-hybridized carbons (Fsp3) is 0.526. The van der Waals surface area contributed by atoms with E-state index in [0.29, 0.717) is 0 Å². The van der Waals surface area contributed by atoms with Crippen molar-refractivity contribution in [2.24, 2.45) is 0 Å². The molecule has 6 atom stereocenters. The van der Waals surface area contributed by atoms with Gasteiger partial charge in [-0.1, -0.05) is 30.3 Å². The van der Waals surface area contributed by atoms with E-state index in [1.165, 1.54) is 20.8 Å². The van der Waals surface area contributed by atoms with Crippen LogP contribution in [-0.4, -0.2) is 55.2 Å². The first kappa shape index (κ1) is 20.2. The number of hydrogen-bond donors (Lipinski definition) is 0. The predicted molar refractivity (Wildman–Crippen MR) is 91.5 cm³/mol. The van der Waals surface area contributed by atoms with Crippen LogP contribution in [0, 0.1) is 0 Å². The summed E-state index contributed by atoms with van der Waals surface area (Å²) in [6.45, 7) is 3.72. The predicted octanol–water partition coefficient (Wildman–Crippen LogP) is 1.25. The van der Waals surface area contributed by atoms with Crippen molar-refractivity contribution in [3.63, 3.8) is 0 Å². The Balaban J connectivity index is 1.88. The van der Waals surface area contributed by atoms with Crippen LogP contribution >= 0.6 is 0 Å². The molecule has 9 heteroatoms. The second-order valence-electron chi connectivity index (χ2n) is 6.48. The minimum Gasteiger partial charge on any atom is -0.455 e. The van der Waals surface area contributed by atoms with E-state index in [0.717, 1.165) is 5.56 Å². The largest absolute Gasteiger partial charge is 0.455 e. The Morgan fingerprint density at radius 2 is 1.46 bits per heavy atom. The Labute approximate surface area is 161 Å². The summed E-state index contributed by atoms with van der Waals surface area (Å²) in [4.78, 5) is 34.8. The third-order valence-electron chi connectivity index (χ3n) is 4.24. The zero-order chi connectivity index (χ0) is 20.3. The van der Waals surface area contributed by atoms with Crippen molar-refractivity contribution >= 4 is 17.9 Å². The molecule has 0 aliphatic carbocycles. The van der Waals surface area contributed by atoms with Gasteiger partial charge in [0.25, 0.3) is 0 Å². The van der Waals surface area contributed by atoms with Crippen LogP contribution in [0.1, 0.15) is 32.6 Å². The van der Waals surface area contributed by atoms with E-state index in [1.54, 1.807) is 0 Å². The summed E-state index contributed by atoms with van der Waals surface area (Å²) in [7, 11) is 0. The number of esters is 3. The van der Waals surface area contributed by atoms with E-state index in [2.05, 4.69) is 0 Å². The van der Waals surface area contributed by atoms with Crippen molar-refractivity contribution in [2.75, 3.05) is 6.61 Å². The first-order valence-corrected chi connectivity index (χ1v) is 8.84. The molecule has 152 valence electrons. The maximum atomic E-state index is 11.7. The third-order valence-corrected chi connectivity index (χ3v) is 4.24. The average Bonchev–Trinajstić information content (AvgIpc) is 2.64. The molecule has 2 unspecified atom stereocenters. The summed E-state index contributed by atoms with van der Waals surface area (Å²) in [6.07, 6.45) is -5.68. The van der Waals surface area contributed by atoms with Crippen molar-refractivity contribution in [2.45, 2.75) is 57.8 Å². The van der Waals surface area contributed by atoms with Gasteiger partial charge in [0.05, 0.1) is 6.61 Å². The number of benzene rings is 1. The summed E-state index contributed by atoms with van der Waals surface area (Å²) in [6, 6.07) is 9.21. The molecule has 1 aromatic rings. The maximum absolute atomic E-state index is 11.7. The van der Waals surface area contributed by atoms with Gasteiger partial charge in [0.2, 0.25) is 12.4 Å². The highest BCUT2D eigenvalue weighted by atomic mass is 16.8. The molecule has 2 heterocycles. The summed E-state index contributed by atoms with van der Waals surface area (Å²) < 4.78 is 33.3. The van der Waals surface area contributed by atoms with E-state index < -0.39 is 54.9 Å². The topological polar surface area (TPSA) is 107 Å². The van der Waals surface area contributed by atoms with Gasteiger partial charge < -0.3 is 28.4 Å². The summed E-state index contributed by atoms with van der Waals surface area (Å²) in [5.74, 6) is -1.88. The molecule has 0 bridgehead atoms. The van der Waals surface area contributed by atoms with Crippen LogP contribution < -0.4 is 0 Å². The average molecular weight is 394 g/mol. The van der Waals surface area contributed by atoms with Crippen molar-refractivity contribution in [1.82, 2.24) is 0 Å². The van der Waals surface area contributed by atoms with Crippen molar-refractivity contribution < 1.29 is 42.8 Å². The zero-order valence-electron chi connectivity index (χ0n) is 15.7. The molecule has 0 N–H and O–H groups in total. The lowest BCUT2D eigenvalue weighted by Crippen LogP contribution is -2.64. The van der Waals surface area contributed by atoms with Gasteiger partial charge in [-0.15, -0.1) is 0 Å². The first-order chi connectivity index (χ1) is 13.3. The molecular weight excluding hydrogens is 372 g/mol. The summed E-state index contributed by atoms with van der Waals surface area (Å²) in [5.41, 5.74) is 0.772. The Hall–Kier alpha value is -2.49. The molecule has 2 aliphatic heterocycles. The monoisotopic (exact) mass is 394 g/mol. The van der Waals surface area contributed by atoms with Crippen LogP contribution in [0.25, 0.3) is 0 Å². The van der Waals surface area contributed by atoms with Crippen molar-refractivity contribution in [3.05, 3.63) is 35.9 Å². The van der Waals surface area contributed by atoms with E-state index in [1.807, 2.05) is 30.3 Å². The fourth-order valence-electron chi connectivity index (χ4n) is 3.23. The van der Waals surface area contributed by atoms with Crippen LogP contribution in [0.4, 0.5) is 0 Å². The maximum Gasteiger partial charge on any atom is 0.305 e. The standard InChI is InChI=1S/C19H22O9/c1-10(20)24-16-15-14(9-23-18(28-15)13-7-5-4-6-8-13)27-19(26-12(3)22)17(16)25-11(2)21/h4-8,14-19H,9H2,1-3H3/t14-,15-,16+,17-,18?,19?/m1/s1. The van der Waals surface area contributed by atoms with Gasteiger partial charge in [-0.25, -0.2) is 0 Å². The van der Waals surface area contributed by atoms with Crippen LogP contribution in [-0.2, 0) is 42.8 Å². The van der Waals surface area contributed by atoms with E-state index >= 15 is 0 Å². The van der Waals surface area contributed by atoms with Gasteiger partial charge in [-0.2, -0.15) is 0 Å². The molecule has 1 aromatic carbocycles. The highest BCUT2D eigenvalue weighted by molar-refractivity contribution is 5.68. The molecule has 2 fully saturated rings. The van der Waals surface area contributed by atoms with E-state index in [-0.39, 0.29) is 6.61 Å². The molecule has 2 saturated heterocycles. The summed E-state index contributed by atoms with van der Waals surface area (Å²) >= 11 is 0. The minimum atomic E-state index is -1.26. The second kappa shape index (κ2) is 8.68. The molecule has 0 radical (unpaired) electrons. The number of fused-ring (bicyclic) bond motifs is 1. The number of ether oxygens (including phenoxy) is 6. The Bertz CT molecular complexity index is 719. The van der Waals surface area contributed by atoms with Gasteiger partial charge in [0.15, 0.2) is 12.4 Å². The molecule has 3 rings (SSSR count). The van der Waals surface area contributed by atoms with Gasteiger partial charge in [-0.05, 0) is 0 Å². The minimum absolute atomic E-state index is 0.104. The number of hydrogen-bond acceptors (Lipinski definition) is 9. The lowest BCUT2D eigenvalue weighted by molar-refractivity contribution is -0.356. The SMILES string of the molecule is CC(=O)OC1O[C@@H]2COC(c3ccccc3)O[C@H]2[C@H](OC(C)=O)[C@H]1OC(C)=O. The lowest BCUT2D eigenvalue weighted by atomic mass is 9.97. The van der Waals surface area contributed by atoms with Crippen LogP contribution in [0.5, 0.6) is 0 Å². The zero-order valence-corrected chi connectivity index (χ0v) is 15.7. The number of carbonyl (C=O) groups excluding carboxylic acids is 3. The normalized spacial score (nSPS) is 32.0. The first-order valence-electron chi connectivity index (χ1n) is 8.84. The van der Waals surface area contributed by atoms with Gasteiger partial charge in [0, 0.05) is 26.3 Å².